The Kier molecular flexibility index (Phi) is 9.67. The van der Waals surface area contributed by atoms with Gasteiger partial charge in [-0.05, 0) is 60.2 Å². The van der Waals surface area contributed by atoms with Crippen LogP contribution in [0, 0.1) is 0 Å². The molecule has 8 nitrogen and oxygen atoms in total. The van der Waals surface area contributed by atoms with Gasteiger partial charge in [-0.1, -0.05) is 74.7 Å². The molecule has 2 aromatic carbocycles. The highest BCUT2D eigenvalue weighted by Gasteiger charge is 2.30. The van der Waals surface area contributed by atoms with Crippen molar-refractivity contribution in [2.24, 2.45) is 0 Å². The largest absolute Gasteiger partial charge is 0.351 e. The molecule has 0 fully saturated rings. The second-order valence-corrected chi connectivity index (χ2v) is 11.4. The third-order valence-electron chi connectivity index (χ3n) is 7.75. The Hall–Kier alpha value is -4.30. The normalized spacial score (nSPS) is 13.2. The molecule has 2 amide bonds. The first-order valence-electron chi connectivity index (χ1n) is 14.9. The van der Waals surface area contributed by atoms with Crippen LogP contribution in [0.2, 0.25) is 5.02 Å². The van der Waals surface area contributed by atoms with Crippen LogP contribution >= 0.6 is 11.6 Å². The van der Waals surface area contributed by atoms with E-state index in [1.165, 1.54) is 0 Å². The fourth-order valence-corrected chi connectivity index (χ4v) is 5.70. The molecule has 0 spiro atoms. The number of amides is 2. The predicted octanol–water partition coefficient (Wildman–Crippen LogP) is 7.07. The lowest BCUT2D eigenvalue weighted by Gasteiger charge is -2.19. The molecule has 1 aliphatic heterocycles. The zero-order chi connectivity index (χ0) is 30.3. The quantitative estimate of drug-likeness (QED) is 0.181. The number of rotatable bonds is 12. The molecular weight excluding hydrogens is 560 g/mol. The lowest BCUT2D eigenvalue weighted by Crippen LogP contribution is -2.38. The molecule has 0 radical (unpaired) electrons. The number of carbonyl (C=O) groups is 2. The highest BCUT2D eigenvalue weighted by molar-refractivity contribution is 6.33. The van der Waals surface area contributed by atoms with Crippen molar-refractivity contribution >= 4 is 29.4 Å². The van der Waals surface area contributed by atoms with Crippen LogP contribution in [0.25, 0.3) is 22.4 Å². The van der Waals surface area contributed by atoms with E-state index in [-0.39, 0.29) is 24.4 Å². The first kappa shape index (κ1) is 30.2. The Morgan fingerprint density at radius 3 is 2.35 bits per heavy atom. The van der Waals surface area contributed by atoms with E-state index in [0.29, 0.717) is 34.8 Å². The maximum Gasteiger partial charge on any atom is 0.254 e. The average Bonchev–Trinajstić information content (AvgIpc) is 3.32. The van der Waals surface area contributed by atoms with Gasteiger partial charge in [0.15, 0.2) is 0 Å². The molecule has 1 unspecified atom stereocenters. The van der Waals surface area contributed by atoms with Gasteiger partial charge in [0.05, 0.1) is 23.0 Å². The Balaban J connectivity index is 1.23. The maximum atomic E-state index is 13.3. The summed E-state index contributed by atoms with van der Waals surface area (Å²) in [5.74, 6) is 0.128. The molecule has 2 N–H and O–H groups in total. The van der Waals surface area contributed by atoms with E-state index in [9.17, 15) is 9.59 Å². The third kappa shape index (κ3) is 7.20. The van der Waals surface area contributed by atoms with Crippen LogP contribution in [0.5, 0.6) is 0 Å². The summed E-state index contributed by atoms with van der Waals surface area (Å²) in [7, 11) is 0. The Labute approximate surface area is 257 Å². The number of benzene rings is 2. The summed E-state index contributed by atoms with van der Waals surface area (Å²) in [5.41, 5.74) is 5.89. The number of nitrogens with one attached hydrogen (secondary N) is 2. The number of aromatic nitrogens is 3. The number of hydrogen-bond donors (Lipinski definition) is 2. The minimum Gasteiger partial charge on any atom is -0.351 e. The van der Waals surface area contributed by atoms with Crippen molar-refractivity contribution in [2.75, 3.05) is 11.9 Å². The number of anilines is 1. The van der Waals surface area contributed by atoms with Crippen molar-refractivity contribution in [3.8, 4) is 22.4 Å². The van der Waals surface area contributed by atoms with Gasteiger partial charge in [-0.3, -0.25) is 14.6 Å². The van der Waals surface area contributed by atoms with Crippen molar-refractivity contribution in [3.05, 3.63) is 94.9 Å². The van der Waals surface area contributed by atoms with Gasteiger partial charge < -0.3 is 15.5 Å². The van der Waals surface area contributed by atoms with Crippen molar-refractivity contribution in [1.82, 2.24) is 25.2 Å². The van der Waals surface area contributed by atoms with Crippen molar-refractivity contribution < 1.29 is 9.59 Å². The minimum absolute atomic E-state index is 0.0269. The number of nitrogens with zero attached hydrogens (tertiary/aromatic N) is 4. The van der Waals surface area contributed by atoms with Gasteiger partial charge in [0.1, 0.15) is 6.54 Å². The van der Waals surface area contributed by atoms with Crippen LogP contribution in [-0.2, 0) is 11.3 Å². The number of fused-ring (bicyclic) bond motifs is 1. The molecule has 0 aliphatic carbocycles. The first-order valence-corrected chi connectivity index (χ1v) is 15.2. The molecule has 0 saturated heterocycles. The zero-order valence-corrected chi connectivity index (χ0v) is 25.6. The van der Waals surface area contributed by atoms with Gasteiger partial charge in [0, 0.05) is 36.1 Å². The number of carbonyl (C=O) groups excluding carboxylic acids is 2. The van der Waals surface area contributed by atoms with Crippen molar-refractivity contribution in [2.45, 2.75) is 65.1 Å². The summed E-state index contributed by atoms with van der Waals surface area (Å²) >= 11 is 6.51. The highest BCUT2D eigenvalue weighted by Crippen LogP contribution is 2.32. The van der Waals surface area contributed by atoms with E-state index >= 15 is 0 Å². The van der Waals surface area contributed by atoms with Crippen LogP contribution in [0.3, 0.4) is 0 Å². The van der Waals surface area contributed by atoms with E-state index in [2.05, 4.69) is 34.4 Å². The summed E-state index contributed by atoms with van der Waals surface area (Å²) in [4.78, 5) is 41.0. The van der Waals surface area contributed by atoms with Crippen LogP contribution in [0.1, 0.15) is 74.0 Å². The maximum absolute atomic E-state index is 13.3. The molecule has 2 aromatic heterocycles. The van der Waals surface area contributed by atoms with Gasteiger partial charge >= 0.3 is 0 Å². The topological polar surface area (TPSA) is 100 Å². The molecule has 0 saturated carbocycles. The van der Waals surface area contributed by atoms with Gasteiger partial charge in [-0.25, -0.2) is 9.97 Å². The lowest BCUT2D eigenvalue weighted by atomic mass is 10.0. The van der Waals surface area contributed by atoms with E-state index in [1.54, 1.807) is 23.5 Å². The van der Waals surface area contributed by atoms with Crippen LogP contribution in [0.15, 0.2) is 73.2 Å². The Morgan fingerprint density at radius 2 is 1.65 bits per heavy atom. The molecule has 1 aliphatic rings. The van der Waals surface area contributed by atoms with E-state index in [4.69, 9.17) is 16.6 Å². The number of pyridine rings is 1. The summed E-state index contributed by atoms with van der Waals surface area (Å²) in [6, 6.07) is 17.7. The van der Waals surface area contributed by atoms with Crippen molar-refractivity contribution in [1.29, 1.82) is 0 Å². The molecule has 9 heteroatoms. The standard InChI is InChI=1S/C34H37ClN6O2/c1-4-6-28(7-5-2)39-34-37-19-30(35)32(40-34)26-12-13-27-20-41(33(43)29(27)18-26)21-31(42)38-22(3)23-8-10-24(11-9-23)25-14-16-36-17-15-25/h8-19,22,28H,4-7,20-21H2,1-3H3,(H,38,42)(H,37,39,40). The summed E-state index contributed by atoms with van der Waals surface area (Å²) < 4.78 is 0. The molecule has 222 valence electrons. The van der Waals surface area contributed by atoms with Crippen molar-refractivity contribution in [3.63, 3.8) is 0 Å². The smallest absolute Gasteiger partial charge is 0.254 e. The first-order chi connectivity index (χ1) is 20.9. The van der Waals surface area contributed by atoms with E-state index < -0.39 is 0 Å². The summed E-state index contributed by atoms with van der Waals surface area (Å²) in [5, 5.41) is 6.89. The Bertz CT molecular complexity index is 1570. The molecule has 3 heterocycles. The third-order valence-corrected chi connectivity index (χ3v) is 8.03. The van der Waals surface area contributed by atoms with Gasteiger partial charge in [-0.2, -0.15) is 0 Å². The molecule has 0 bridgehead atoms. The molecular formula is C34H37ClN6O2. The molecule has 5 rings (SSSR count). The SMILES string of the molecule is CCCC(CCC)Nc1ncc(Cl)c(-c2ccc3c(c2)C(=O)N(CC(=O)NC(C)c2ccc(-c4ccncc4)cc2)C3)n1. The van der Waals surface area contributed by atoms with Gasteiger partial charge in [0.2, 0.25) is 11.9 Å². The fraction of sp³-hybridized carbons (Fsp3) is 0.324. The number of hydrogen-bond acceptors (Lipinski definition) is 6. The predicted molar refractivity (Wildman–Crippen MR) is 171 cm³/mol. The van der Waals surface area contributed by atoms with Crippen LogP contribution in [0.4, 0.5) is 5.95 Å². The monoisotopic (exact) mass is 596 g/mol. The van der Waals surface area contributed by atoms with Crippen LogP contribution < -0.4 is 10.6 Å². The average molecular weight is 597 g/mol. The second kappa shape index (κ2) is 13.8. The molecule has 4 aromatic rings. The Morgan fingerprint density at radius 1 is 0.977 bits per heavy atom. The van der Waals surface area contributed by atoms with Gasteiger partial charge in [-0.15, -0.1) is 0 Å². The number of halogens is 1. The molecule has 1 atom stereocenters. The second-order valence-electron chi connectivity index (χ2n) is 11.0. The van der Waals surface area contributed by atoms with Crippen LogP contribution in [-0.4, -0.2) is 44.3 Å². The highest BCUT2D eigenvalue weighted by atomic mass is 35.5. The van der Waals surface area contributed by atoms with Gasteiger partial charge in [0.25, 0.3) is 5.91 Å². The van der Waals surface area contributed by atoms with E-state index in [1.807, 2.05) is 61.5 Å². The summed E-state index contributed by atoms with van der Waals surface area (Å²) in [6.07, 6.45) is 9.33. The summed E-state index contributed by atoms with van der Waals surface area (Å²) in [6.45, 7) is 6.61. The minimum atomic E-state index is -0.213. The van der Waals surface area contributed by atoms with E-state index in [0.717, 1.165) is 53.5 Å². The fourth-order valence-electron chi connectivity index (χ4n) is 5.50. The zero-order valence-electron chi connectivity index (χ0n) is 24.8. The molecule has 43 heavy (non-hydrogen) atoms. The lowest BCUT2D eigenvalue weighted by molar-refractivity contribution is -0.122.